The molecule has 1 aliphatic heterocycles. The zero-order chi connectivity index (χ0) is 16.2. The van der Waals surface area contributed by atoms with Crippen molar-refractivity contribution in [1.29, 1.82) is 0 Å². The van der Waals surface area contributed by atoms with Crippen LogP contribution >= 0.6 is 0 Å². The zero-order valence-corrected chi connectivity index (χ0v) is 11.9. The Hall–Kier alpha value is -2.16. The van der Waals surface area contributed by atoms with E-state index in [2.05, 4.69) is 5.32 Å². The lowest BCUT2D eigenvalue weighted by atomic mass is 10.1. The van der Waals surface area contributed by atoms with Gasteiger partial charge in [-0.3, -0.25) is 14.5 Å². The number of aliphatic hydroxyl groups excluding tert-OH is 1. The van der Waals surface area contributed by atoms with Gasteiger partial charge in [0.25, 0.3) is 0 Å². The van der Waals surface area contributed by atoms with Crippen molar-refractivity contribution in [3.05, 3.63) is 0 Å². The summed E-state index contributed by atoms with van der Waals surface area (Å²) >= 11 is 0. The quantitative estimate of drug-likeness (QED) is 0.497. The van der Waals surface area contributed by atoms with E-state index in [1.54, 1.807) is 0 Å². The molecule has 0 bridgehead atoms. The van der Waals surface area contributed by atoms with Crippen molar-refractivity contribution in [1.82, 2.24) is 15.1 Å². The van der Waals surface area contributed by atoms with Crippen molar-refractivity contribution < 1.29 is 29.4 Å². The van der Waals surface area contributed by atoms with Crippen molar-refractivity contribution in [3.8, 4) is 0 Å². The number of carboxylic acids is 1. The summed E-state index contributed by atoms with van der Waals surface area (Å²) in [7, 11) is 1.51. The molecule has 1 aliphatic rings. The van der Waals surface area contributed by atoms with Gasteiger partial charge in [-0.2, -0.15) is 0 Å². The molecule has 118 valence electrons. The highest BCUT2D eigenvalue weighted by Gasteiger charge is 2.33. The number of aliphatic hydroxyl groups is 1. The molecule has 0 spiro atoms. The Kier molecular flexibility index (Phi) is 5.65. The second-order valence-electron chi connectivity index (χ2n) is 4.91. The molecular weight excluding hydrogens is 282 g/mol. The molecule has 0 radical (unpaired) electrons. The molecule has 0 aromatic rings. The fourth-order valence-electron chi connectivity index (χ4n) is 1.92. The van der Waals surface area contributed by atoms with E-state index in [-0.39, 0.29) is 31.8 Å². The number of nitrogens with zero attached hydrogens (tertiary/aromatic N) is 2. The molecule has 0 aromatic carbocycles. The van der Waals surface area contributed by atoms with Crippen LogP contribution in [0.3, 0.4) is 0 Å². The highest BCUT2D eigenvalue weighted by molar-refractivity contribution is 6.01. The minimum absolute atomic E-state index is 0.0220. The molecule has 9 heteroatoms. The van der Waals surface area contributed by atoms with Gasteiger partial charge in [0.2, 0.25) is 11.8 Å². The van der Waals surface area contributed by atoms with Gasteiger partial charge >= 0.3 is 12.0 Å². The van der Waals surface area contributed by atoms with Crippen LogP contribution in [0, 0.1) is 0 Å². The maximum absolute atomic E-state index is 11.6. The summed E-state index contributed by atoms with van der Waals surface area (Å²) in [5.74, 6) is -2.21. The second-order valence-corrected chi connectivity index (χ2v) is 4.91. The minimum Gasteiger partial charge on any atom is -0.480 e. The highest BCUT2D eigenvalue weighted by Crippen LogP contribution is 2.09. The van der Waals surface area contributed by atoms with Gasteiger partial charge < -0.3 is 20.4 Å². The van der Waals surface area contributed by atoms with Crippen molar-refractivity contribution in [2.75, 3.05) is 20.1 Å². The Morgan fingerprint density at radius 2 is 2.00 bits per heavy atom. The summed E-state index contributed by atoms with van der Waals surface area (Å²) in [5, 5.41) is 20.2. The second kappa shape index (κ2) is 7.02. The van der Waals surface area contributed by atoms with E-state index in [9.17, 15) is 24.3 Å². The average molecular weight is 301 g/mol. The first-order valence-electron chi connectivity index (χ1n) is 6.49. The number of aliphatic carboxylic acids is 1. The molecule has 0 aromatic heterocycles. The number of hydrogen-bond acceptors (Lipinski definition) is 5. The van der Waals surface area contributed by atoms with Crippen LogP contribution in [-0.2, 0) is 14.4 Å². The number of imide groups is 1. The van der Waals surface area contributed by atoms with Gasteiger partial charge in [-0.1, -0.05) is 0 Å². The summed E-state index contributed by atoms with van der Waals surface area (Å²) in [6, 6.07) is -1.79. The molecule has 1 fully saturated rings. The molecule has 0 saturated carbocycles. The number of amides is 4. The van der Waals surface area contributed by atoms with Gasteiger partial charge in [0.15, 0.2) is 6.04 Å². The monoisotopic (exact) mass is 301 g/mol. The first-order valence-corrected chi connectivity index (χ1v) is 6.49. The number of hydrogen-bond donors (Lipinski definition) is 3. The van der Waals surface area contributed by atoms with Gasteiger partial charge in [-0.05, 0) is 13.3 Å². The van der Waals surface area contributed by atoms with Gasteiger partial charge in [0.05, 0.1) is 6.10 Å². The third-order valence-electron chi connectivity index (χ3n) is 3.08. The molecule has 2 atom stereocenters. The predicted molar refractivity (Wildman–Crippen MR) is 70.2 cm³/mol. The number of rotatable bonds is 7. The maximum atomic E-state index is 11.6. The topological polar surface area (TPSA) is 127 Å². The largest absolute Gasteiger partial charge is 0.480 e. The summed E-state index contributed by atoms with van der Waals surface area (Å²) in [6.07, 6.45) is -1.04. The Bertz CT molecular complexity index is 450. The van der Waals surface area contributed by atoms with E-state index in [0.717, 1.165) is 4.90 Å². The van der Waals surface area contributed by atoms with E-state index in [4.69, 9.17) is 5.11 Å². The van der Waals surface area contributed by atoms with E-state index >= 15 is 0 Å². The van der Waals surface area contributed by atoms with Crippen LogP contribution in [0.4, 0.5) is 4.79 Å². The predicted octanol–water partition coefficient (Wildman–Crippen LogP) is -1.39. The SMILES string of the molecule is CC(O)C(NC(=O)CCCN1C(=O)CN(C)C1=O)C(=O)O. The third kappa shape index (κ3) is 4.42. The first kappa shape index (κ1) is 16.9. The third-order valence-corrected chi connectivity index (χ3v) is 3.08. The summed E-state index contributed by atoms with van der Waals surface area (Å²) in [6.45, 7) is 1.38. The van der Waals surface area contributed by atoms with Crippen molar-refractivity contribution in [3.63, 3.8) is 0 Å². The van der Waals surface area contributed by atoms with E-state index in [1.165, 1.54) is 18.9 Å². The van der Waals surface area contributed by atoms with Gasteiger partial charge in [0.1, 0.15) is 6.54 Å². The summed E-state index contributed by atoms with van der Waals surface area (Å²) in [4.78, 5) is 47.8. The Balaban J connectivity index is 2.39. The van der Waals surface area contributed by atoms with Gasteiger partial charge in [-0.15, -0.1) is 0 Å². The lowest BCUT2D eigenvalue weighted by Crippen LogP contribution is -2.47. The lowest BCUT2D eigenvalue weighted by Gasteiger charge is -2.17. The minimum atomic E-state index is -1.38. The van der Waals surface area contributed by atoms with Crippen LogP contribution in [0.5, 0.6) is 0 Å². The molecule has 1 rings (SSSR count). The molecule has 1 heterocycles. The molecule has 0 aliphatic carbocycles. The van der Waals surface area contributed by atoms with Crippen LogP contribution in [0.2, 0.25) is 0 Å². The fraction of sp³-hybridized carbons (Fsp3) is 0.667. The molecule has 4 amide bonds. The lowest BCUT2D eigenvalue weighted by molar-refractivity contribution is -0.144. The fourth-order valence-corrected chi connectivity index (χ4v) is 1.92. The van der Waals surface area contributed by atoms with E-state index < -0.39 is 30.1 Å². The van der Waals surface area contributed by atoms with Crippen LogP contribution in [0.15, 0.2) is 0 Å². The van der Waals surface area contributed by atoms with Crippen molar-refractivity contribution >= 4 is 23.8 Å². The van der Waals surface area contributed by atoms with Crippen LogP contribution < -0.4 is 5.32 Å². The number of urea groups is 1. The number of likely N-dealkylation sites (N-methyl/N-ethyl adjacent to an activating group) is 1. The summed E-state index contributed by atoms with van der Waals surface area (Å²) < 4.78 is 0. The normalized spacial score (nSPS) is 17.9. The van der Waals surface area contributed by atoms with Crippen LogP contribution in [0.1, 0.15) is 19.8 Å². The Labute approximate surface area is 121 Å². The molecule has 2 unspecified atom stereocenters. The van der Waals surface area contributed by atoms with E-state index in [0.29, 0.717) is 0 Å². The van der Waals surface area contributed by atoms with E-state index in [1.807, 2.05) is 0 Å². The number of carboxylic acid groups (broad SMARTS) is 1. The first-order chi connectivity index (χ1) is 9.73. The molecule has 1 saturated heterocycles. The zero-order valence-electron chi connectivity index (χ0n) is 11.9. The van der Waals surface area contributed by atoms with Gasteiger partial charge in [-0.25, -0.2) is 9.59 Å². The Morgan fingerprint density at radius 1 is 1.38 bits per heavy atom. The maximum Gasteiger partial charge on any atom is 0.328 e. The molecule has 21 heavy (non-hydrogen) atoms. The number of nitrogens with one attached hydrogen (secondary N) is 1. The average Bonchev–Trinajstić information content (AvgIpc) is 2.61. The molecular formula is C12H19N3O6. The van der Waals surface area contributed by atoms with Crippen molar-refractivity contribution in [2.24, 2.45) is 0 Å². The number of carbonyl (C=O) groups excluding carboxylic acids is 3. The Morgan fingerprint density at radius 3 is 2.43 bits per heavy atom. The standard InChI is InChI=1S/C12H19N3O6/c1-7(16)10(11(19)20)13-8(17)4-3-5-15-9(18)6-14(2)12(15)21/h7,10,16H,3-6H2,1-2H3,(H,13,17)(H,19,20). The molecule has 3 N–H and O–H groups in total. The summed E-state index contributed by atoms with van der Waals surface area (Å²) in [5.41, 5.74) is 0. The molecule has 9 nitrogen and oxygen atoms in total. The highest BCUT2D eigenvalue weighted by atomic mass is 16.4. The van der Waals surface area contributed by atoms with Crippen LogP contribution in [0.25, 0.3) is 0 Å². The van der Waals surface area contributed by atoms with Crippen molar-refractivity contribution in [2.45, 2.75) is 31.9 Å². The number of carbonyl (C=O) groups is 4. The van der Waals surface area contributed by atoms with Crippen LogP contribution in [-0.4, -0.2) is 76.1 Å². The van der Waals surface area contributed by atoms with Gasteiger partial charge in [0, 0.05) is 20.0 Å². The smallest absolute Gasteiger partial charge is 0.328 e.